The fourth-order valence-corrected chi connectivity index (χ4v) is 2.04. The molecule has 21 heavy (non-hydrogen) atoms. The van der Waals surface area contributed by atoms with Gasteiger partial charge in [0.25, 0.3) is 0 Å². The zero-order valence-electron chi connectivity index (χ0n) is 12.8. The Hall–Kier alpha value is -2.04. The van der Waals surface area contributed by atoms with Crippen molar-refractivity contribution < 1.29 is 24.5 Å². The molecule has 0 saturated heterocycles. The van der Waals surface area contributed by atoms with Crippen LogP contribution in [-0.2, 0) is 9.59 Å². The summed E-state index contributed by atoms with van der Waals surface area (Å²) in [5, 5.41) is 18.5. The van der Waals surface area contributed by atoms with E-state index in [0.717, 1.165) is 0 Å². The van der Waals surface area contributed by atoms with Crippen LogP contribution < -0.4 is 4.74 Å². The number of carbonyl (C=O) groups is 2. The summed E-state index contributed by atoms with van der Waals surface area (Å²) < 4.78 is 5.68. The van der Waals surface area contributed by atoms with Gasteiger partial charge in [-0.25, -0.2) is 0 Å². The molecule has 2 unspecified atom stereocenters. The van der Waals surface area contributed by atoms with Crippen molar-refractivity contribution in [1.29, 1.82) is 0 Å². The van der Waals surface area contributed by atoms with Crippen LogP contribution in [0, 0.1) is 5.92 Å². The number of rotatable bonds is 7. The highest BCUT2D eigenvalue weighted by atomic mass is 16.5. The molecule has 116 valence electrons. The molecular weight excluding hydrogens is 272 g/mol. The van der Waals surface area contributed by atoms with Gasteiger partial charge in [0, 0.05) is 5.56 Å². The molecule has 1 rings (SSSR count). The van der Waals surface area contributed by atoms with E-state index in [1.165, 1.54) is 6.92 Å². The quantitative estimate of drug-likeness (QED) is 0.807. The van der Waals surface area contributed by atoms with Crippen molar-refractivity contribution in [2.24, 2.45) is 5.92 Å². The second kappa shape index (κ2) is 7.11. The lowest BCUT2D eigenvalue weighted by molar-refractivity contribution is -0.140. The average Bonchev–Trinajstić information content (AvgIpc) is 2.42. The van der Waals surface area contributed by atoms with E-state index in [9.17, 15) is 19.8 Å². The SMILES string of the molecule is CC(C)COc1cccc(C(C)C(=O)O)c1C(C)C(=O)O. The Morgan fingerprint density at radius 1 is 1.05 bits per heavy atom. The molecule has 0 bridgehead atoms. The maximum Gasteiger partial charge on any atom is 0.310 e. The third kappa shape index (κ3) is 4.21. The second-order valence-corrected chi connectivity index (χ2v) is 5.58. The Bertz CT molecular complexity index is 521. The summed E-state index contributed by atoms with van der Waals surface area (Å²) in [5.41, 5.74) is 0.930. The predicted octanol–water partition coefficient (Wildman–Crippen LogP) is 3.10. The van der Waals surface area contributed by atoms with Crippen molar-refractivity contribution in [3.8, 4) is 5.75 Å². The first-order valence-corrected chi connectivity index (χ1v) is 6.96. The van der Waals surface area contributed by atoms with Crippen molar-refractivity contribution in [1.82, 2.24) is 0 Å². The third-order valence-corrected chi connectivity index (χ3v) is 3.31. The maximum absolute atomic E-state index is 11.3. The lowest BCUT2D eigenvalue weighted by atomic mass is 9.88. The number of ether oxygens (including phenoxy) is 1. The second-order valence-electron chi connectivity index (χ2n) is 5.58. The highest BCUT2D eigenvalue weighted by Crippen LogP contribution is 2.35. The lowest BCUT2D eigenvalue weighted by Crippen LogP contribution is -2.17. The van der Waals surface area contributed by atoms with Crippen LogP contribution in [0.2, 0.25) is 0 Å². The number of hydrogen-bond donors (Lipinski definition) is 2. The molecule has 0 aliphatic carbocycles. The van der Waals surface area contributed by atoms with Crippen molar-refractivity contribution in [3.63, 3.8) is 0 Å². The van der Waals surface area contributed by atoms with Gasteiger partial charge in [-0.2, -0.15) is 0 Å². The third-order valence-electron chi connectivity index (χ3n) is 3.31. The van der Waals surface area contributed by atoms with Gasteiger partial charge in [-0.1, -0.05) is 26.0 Å². The van der Waals surface area contributed by atoms with Gasteiger partial charge in [-0.05, 0) is 31.4 Å². The summed E-state index contributed by atoms with van der Waals surface area (Å²) in [5.74, 6) is -2.87. The Kier molecular flexibility index (Phi) is 5.76. The van der Waals surface area contributed by atoms with Crippen molar-refractivity contribution in [3.05, 3.63) is 29.3 Å². The molecule has 0 aliphatic rings. The molecule has 2 N–H and O–H groups in total. The van der Waals surface area contributed by atoms with Crippen molar-refractivity contribution in [2.75, 3.05) is 6.61 Å². The molecule has 0 heterocycles. The van der Waals surface area contributed by atoms with Gasteiger partial charge in [-0.15, -0.1) is 0 Å². The van der Waals surface area contributed by atoms with E-state index in [4.69, 9.17) is 4.74 Å². The van der Waals surface area contributed by atoms with Gasteiger partial charge in [0.1, 0.15) is 5.75 Å². The minimum absolute atomic E-state index is 0.290. The molecule has 0 amide bonds. The zero-order chi connectivity index (χ0) is 16.2. The van der Waals surface area contributed by atoms with E-state index in [1.54, 1.807) is 25.1 Å². The lowest BCUT2D eigenvalue weighted by Gasteiger charge is -2.21. The smallest absolute Gasteiger partial charge is 0.310 e. The van der Waals surface area contributed by atoms with Crippen LogP contribution in [-0.4, -0.2) is 28.8 Å². The monoisotopic (exact) mass is 294 g/mol. The predicted molar refractivity (Wildman–Crippen MR) is 78.9 cm³/mol. The molecule has 5 heteroatoms. The summed E-state index contributed by atoms with van der Waals surface area (Å²) >= 11 is 0. The largest absolute Gasteiger partial charge is 0.493 e. The summed E-state index contributed by atoms with van der Waals surface area (Å²) in [6.45, 7) is 7.51. The summed E-state index contributed by atoms with van der Waals surface area (Å²) in [6, 6.07) is 5.04. The Morgan fingerprint density at radius 2 is 1.62 bits per heavy atom. The van der Waals surface area contributed by atoms with Crippen LogP contribution in [0.15, 0.2) is 18.2 Å². The summed E-state index contributed by atoms with van der Waals surface area (Å²) in [6.07, 6.45) is 0. The Balaban J connectivity index is 3.33. The first-order chi connectivity index (χ1) is 9.75. The molecule has 0 aromatic heterocycles. The van der Waals surface area contributed by atoms with E-state index in [0.29, 0.717) is 29.4 Å². The van der Waals surface area contributed by atoms with Crippen LogP contribution >= 0.6 is 0 Å². The Labute approximate surface area is 124 Å². The van der Waals surface area contributed by atoms with E-state index in [1.807, 2.05) is 13.8 Å². The van der Waals surface area contributed by atoms with Gasteiger partial charge in [-0.3, -0.25) is 9.59 Å². The van der Waals surface area contributed by atoms with Crippen molar-refractivity contribution >= 4 is 11.9 Å². The number of carboxylic acids is 2. The minimum atomic E-state index is -1.01. The maximum atomic E-state index is 11.3. The molecule has 1 aromatic rings. The molecule has 0 aliphatic heterocycles. The highest BCUT2D eigenvalue weighted by Gasteiger charge is 2.27. The van der Waals surface area contributed by atoms with E-state index >= 15 is 0 Å². The normalized spacial score (nSPS) is 13.8. The molecule has 2 atom stereocenters. The van der Waals surface area contributed by atoms with Gasteiger partial charge >= 0.3 is 11.9 Å². The van der Waals surface area contributed by atoms with Gasteiger partial charge in [0.05, 0.1) is 18.4 Å². The summed E-state index contributed by atoms with van der Waals surface area (Å²) in [7, 11) is 0. The van der Waals surface area contributed by atoms with Crippen LogP contribution in [0.25, 0.3) is 0 Å². The van der Waals surface area contributed by atoms with Crippen LogP contribution in [0.4, 0.5) is 0 Å². The fourth-order valence-electron chi connectivity index (χ4n) is 2.04. The minimum Gasteiger partial charge on any atom is -0.493 e. The Morgan fingerprint density at radius 3 is 2.10 bits per heavy atom. The fraction of sp³-hybridized carbons (Fsp3) is 0.500. The van der Waals surface area contributed by atoms with E-state index in [2.05, 4.69) is 0 Å². The summed E-state index contributed by atoms with van der Waals surface area (Å²) in [4.78, 5) is 22.6. The molecular formula is C16H22O5. The number of hydrogen-bond acceptors (Lipinski definition) is 3. The number of aliphatic carboxylic acids is 2. The van der Waals surface area contributed by atoms with Crippen LogP contribution in [0.3, 0.4) is 0 Å². The molecule has 0 saturated carbocycles. The topological polar surface area (TPSA) is 83.8 Å². The average molecular weight is 294 g/mol. The van der Waals surface area contributed by atoms with Crippen LogP contribution in [0.1, 0.15) is 50.7 Å². The molecule has 1 aromatic carbocycles. The van der Waals surface area contributed by atoms with Gasteiger partial charge in [0.15, 0.2) is 0 Å². The molecule has 0 fully saturated rings. The van der Waals surface area contributed by atoms with Crippen molar-refractivity contribution in [2.45, 2.75) is 39.5 Å². The van der Waals surface area contributed by atoms with Gasteiger partial charge < -0.3 is 14.9 Å². The molecule has 0 spiro atoms. The molecule has 5 nitrogen and oxygen atoms in total. The van der Waals surface area contributed by atoms with E-state index < -0.39 is 23.8 Å². The highest BCUT2D eigenvalue weighted by molar-refractivity contribution is 5.81. The first kappa shape index (κ1) is 17.0. The van der Waals surface area contributed by atoms with E-state index in [-0.39, 0.29) is 0 Å². The number of carboxylic acid groups (broad SMARTS) is 2. The zero-order valence-corrected chi connectivity index (χ0v) is 12.8. The first-order valence-electron chi connectivity index (χ1n) is 6.96. The standard InChI is InChI=1S/C16H22O5/c1-9(2)8-21-13-7-5-6-12(10(3)15(17)18)14(13)11(4)16(19)20/h5-7,9-11H,8H2,1-4H3,(H,17,18)(H,19,20). The van der Waals surface area contributed by atoms with Gasteiger partial charge in [0.2, 0.25) is 0 Å². The molecule has 0 radical (unpaired) electrons. The number of benzene rings is 1. The van der Waals surface area contributed by atoms with Crippen LogP contribution in [0.5, 0.6) is 5.75 Å².